The van der Waals surface area contributed by atoms with E-state index in [2.05, 4.69) is 12.2 Å². The fourth-order valence-electron chi connectivity index (χ4n) is 3.21. The second-order valence-electron chi connectivity index (χ2n) is 5.21. The summed E-state index contributed by atoms with van der Waals surface area (Å²) >= 11 is 5.90. The van der Waals surface area contributed by atoms with Crippen molar-refractivity contribution in [2.75, 3.05) is 13.1 Å². The summed E-state index contributed by atoms with van der Waals surface area (Å²) in [5.41, 5.74) is 0. The molecule has 0 aromatic rings. The summed E-state index contributed by atoms with van der Waals surface area (Å²) in [7, 11) is 0. The minimum absolute atomic E-state index is 0.322. The van der Waals surface area contributed by atoms with Crippen LogP contribution < -0.4 is 5.32 Å². The maximum absolute atomic E-state index is 5.90. The second kappa shape index (κ2) is 4.85. The molecule has 2 rings (SSSR count). The lowest BCUT2D eigenvalue weighted by Crippen LogP contribution is -2.28. The van der Waals surface area contributed by atoms with Gasteiger partial charge in [0, 0.05) is 5.38 Å². The highest BCUT2D eigenvalue weighted by molar-refractivity contribution is 6.20. The Bertz CT molecular complexity index is 181. The molecule has 0 saturated heterocycles. The van der Waals surface area contributed by atoms with Crippen molar-refractivity contribution in [3.63, 3.8) is 0 Å². The topological polar surface area (TPSA) is 12.0 Å². The first-order valence-corrected chi connectivity index (χ1v) is 6.54. The number of alkyl halides is 1. The zero-order valence-corrected chi connectivity index (χ0v) is 9.89. The highest BCUT2D eigenvalue weighted by atomic mass is 35.5. The van der Waals surface area contributed by atoms with Crippen molar-refractivity contribution in [3.8, 4) is 0 Å². The van der Waals surface area contributed by atoms with Gasteiger partial charge in [0.05, 0.1) is 0 Å². The van der Waals surface area contributed by atoms with Crippen LogP contribution in [0.3, 0.4) is 0 Å². The molecule has 0 aromatic heterocycles. The molecule has 0 amide bonds. The third kappa shape index (κ3) is 2.64. The number of hydrogen-bond acceptors (Lipinski definition) is 1. The highest BCUT2D eigenvalue weighted by Crippen LogP contribution is 2.47. The van der Waals surface area contributed by atoms with E-state index in [1.54, 1.807) is 0 Å². The van der Waals surface area contributed by atoms with Crippen molar-refractivity contribution >= 4 is 11.6 Å². The Hall–Kier alpha value is 0.250. The molecule has 0 radical (unpaired) electrons. The van der Waals surface area contributed by atoms with E-state index in [9.17, 15) is 0 Å². The van der Waals surface area contributed by atoms with Crippen molar-refractivity contribution < 1.29 is 0 Å². The normalized spacial score (nSPS) is 37.7. The average molecular weight is 216 g/mol. The van der Waals surface area contributed by atoms with Crippen LogP contribution in [-0.2, 0) is 0 Å². The summed E-state index contributed by atoms with van der Waals surface area (Å²) in [5, 5.41) is 3.88. The molecule has 2 bridgehead atoms. The van der Waals surface area contributed by atoms with Gasteiger partial charge in [0.25, 0.3) is 0 Å². The van der Waals surface area contributed by atoms with Gasteiger partial charge in [-0.1, -0.05) is 6.42 Å². The average Bonchev–Trinajstić information content (AvgIpc) is 2.73. The molecule has 2 aliphatic carbocycles. The first-order chi connectivity index (χ1) is 6.75. The lowest BCUT2D eigenvalue weighted by molar-refractivity contribution is 0.319. The predicted molar refractivity (Wildman–Crippen MR) is 61.7 cm³/mol. The van der Waals surface area contributed by atoms with Crippen molar-refractivity contribution in [2.24, 2.45) is 17.8 Å². The molecular formula is C12H22ClN. The van der Waals surface area contributed by atoms with Gasteiger partial charge in [-0.15, -0.1) is 11.6 Å². The molecule has 2 fully saturated rings. The Kier molecular flexibility index (Phi) is 3.73. The van der Waals surface area contributed by atoms with Crippen LogP contribution in [0.1, 0.15) is 39.0 Å². The minimum atomic E-state index is 0.322. The molecule has 2 saturated carbocycles. The van der Waals surface area contributed by atoms with Crippen LogP contribution in [0.5, 0.6) is 0 Å². The summed E-state index contributed by atoms with van der Waals surface area (Å²) < 4.78 is 0. The number of hydrogen-bond donors (Lipinski definition) is 1. The lowest BCUT2D eigenvalue weighted by Gasteiger charge is -2.21. The van der Waals surface area contributed by atoms with Crippen molar-refractivity contribution in [2.45, 2.75) is 44.4 Å². The van der Waals surface area contributed by atoms with Gasteiger partial charge in [0.2, 0.25) is 0 Å². The van der Waals surface area contributed by atoms with E-state index in [1.807, 2.05) is 0 Å². The van der Waals surface area contributed by atoms with E-state index < -0.39 is 0 Å². The molecule has 14 heavy (non-hydrogen) atoms. The largest absolute Gasteiger partial charge is 0.316 e. The zero-order valence-electron chi connectivity index (χ0n) is 9.14. The first kappa shape index (κ1) is 10.8. The van der Waals surface area contributed by atoms with Crippen molar-refractivity contribution in [1.82, 2.24) is 5.32 Å². The van der Waals surface area contributed by atoms with E-state index in [0.29, 0.717) is 5.38 Å². The molecule has 0 spiro atoms. The van der Waals surface area contributed by atoms with Crippen LogP contribution in [-0.4, -0.2) is 18.5 Å². The molecule has 4 unspecified atom stereocenters. The fraction of sp³-hybridized carbons (Fsp3) is 1.00. The second-order valence-corrected chi connectivity index (χ2v) is 5.95. The fourth-order valence-corrected chi connectivity index (χ4v) is 3.32. The number of fused-ring (bicyclic) bond motifs is 2. The van der Waals surface area contributed by atoms with Crippen molar-refractivity contribution in [3.05, 3.63) is 0 Å². The van der Waals surface area contributed by atoms with E-state index in [0.717, 1.165) is 30.7 Å². The Morgan fingerprint density at radius 1 is 1.36 bits per heavy atom. The van der Waals surface area contributed by atoms with Gasteiger partial charge in [-0.2, -0.15) is 0 Å². The number of rotatable bonds is 5. The zero-order chi connectivity index (χ0) is 9.97. The minimum Gasteiger partial charge on any atom is -0.316 e. The molecule has 0 aromatic carbocycles. The first-order valence-electron chi connectivity index (χ1n) is 6.10. The molecule has 4 atom stereocenters. The lowest BCUT2D eigenvalue weighted by atomic mass is 9.89. The third-order valence-electron chi connectivity index (χ3n) is 4.01. The van der Waals surface area contributed by atoms with Gasteiger partial charge in [-0.3, -0.25) is 0 Å². The summed E-state index contributed by atoms with van der Waals surface area (Å²) in [6, 6.07) is 0. The van der Waals surface area contributed by atoms with Crippen LogP contribution in [0, 0.1) is 17.8 Å². The molecule has 1 N–H and O–H groups in total. The summed E-state index contributed by atoms with van der Waals surface area (Å²) in [6.07, 6.45) is 7.14. The molecular weight excluding hydrogens is 194 g/mol. The van der Waals surface area contributed by atoms with Crippen LogP contribution in [0.15, 0.2) is 0 Å². The van der Waals surface area contributed by atoms with Crippen LogP contribution in [0.4, 0.5) is 0 Å². The Morgan fingerprint density at radius 2 is 2.21 bits per heavy atom. The van der Waals surface area contributed by atoms with Crippen molar-refractivity contribution in [1.29, 1.82) is 0 Å². The van der Waals surface area contributed by atoms with Gasteiger partial charge in [0.1, 0.15) is 0 Å². The van der Waals surface area contributed by atoms with Crippen LogP contribution >= 0.6 is 11.6 Å². The van der Waals surface area contributed by atoms with E-state index in [1.165, 1.54) is 32.2 Å². The standard InChI is InChI=1S/C12H22ClN/c1-9(13)4-5-14-8-12-7-10-2-3-11(12)6-10/h9-12,14H,2-8H2,1H3. The maximum Gasteiger partial charge on any atom is 0.0319 e. The van der Waals surface area contributed by atoms with E-state index >= 15 is 0 Å². The van der Waals surface area contributed by atoms with Gasteiger partial charge in [-0.25, -0.2) is 0 Å². The van der Waals surface area contributed by atoms with Gasteiger partial charge < -0.3 is 5.32 Å². The quantitative estimate of drug-likeness (QED) is 0.549. The summed E-state index contributed by atoms with van der Waals surface area (Å²) in [5.74, 6) is 3.12. The molecule has 0 aliphatic heterocycles. The smallest absolute Gasteiger partial charge is 0.0319 e. The van der Waals surface area contributed by atoms with Gasteiger partial charge >= 0.3 is 0 Å². The van der Waals surface area contributed by atoms with Gasteiger partial charge in [0.15, 0.2) is 0 Å². The number of halogens is 1. The molecule has 0 heterocycles. The predicted octanol–water partition coefficient (Wildman–Crippen LogP) is 3.03. The highest BCUT2D eigenvalue weighted by Gasteiger charge is 2.38. The Labute approximate surface area is 92.6 Å². The maximum atomic E-state index is 5.90. The Balaban J connectivity index is 1.58. The van der Waals surface area contributed by atoms with E-state index in [-0.39, 0.29) is 0 Å². The molecule has 2 heteroatoms. The monoisotopic (exact) mass is 215 g/mol. The number of nitrogens with one attached hydrogen (secondary N) is 1. The third-order valence-corrected chi connectivity index (χ3v) is 4.23. The summed E-state index contributed by atoms with van der Waals surface area (Å²) in [6.45, 7) is 4.41. The SMILES string of the molecule is CC(Cl)CCNCC1CC2CCC1C2. The van der Waals surface area contributed by atoms with Gasteiger partial charge in [-0.05, 0) is 63.5 Å². The molecule has 1 nitrogen and oxygen atoms in total. The van der Waals surface area contributed by atoms with Crippen LogP contribution in [0.2, 0.25) is 0 Å². The van der Waals surface area contributed by atoms with E-state index in [4.69, 9.17) is 11.6 Å². The molecule has 82 valence electrons. The van der Waals surface area contributed by atoms with Crippen LogP contribution in [0.25, 0.3) is 0 Å². The summed E-state index contributed by atoms with van der Waals surface area (Å²) in [4.78, 5) is 0. The Morgan fingerprint density at radius 3 is 2.79 bits per heavy atom. The molecule has 2 aliphatic rings.